The minimum atomic E-state index is -1.04. The number of nitrogens with one attached hydrogen (secondary N) is 1. The van der Waals surface area contributed by atoms with Crippen LogP contribution in [0.1, 0.15) is 46.1 Å². The van der Waals surface area contributed by atoms with Crippen molar-refractivity contribution in [2.75, 3.05) is 20.3 Å². The molecule has 0 fully saturated rings. The van der Waals surface area contributed by atoms with Crippen LogP contribution in [0.15, 0.2) is 16.6 Å². The Labute approximate surface area is 163 Å². The normalized spacial score (nSPS) is 12.8. The van der Waals surface area contributed by atoms with Crippen LogP contribution in [0.2, 0.25) is 0 Å². The maximum Gasteiger partial charge on any atom is 0.331 e. The number of carbonyl (C=O) groups excluding carboxylic acids is 2. The van der Waals surface area contributed by atoms with Gasteiger partial charge >= 0.3 is 5.97 Å². The molecule has 0 aliphatic heterocycles. The monoisotopic (exact) mass is 429 g/mol. The van der Waals surface area contributed by atoms with Gasteiger partial charge in [0.15, 0.2) is 11.5 Å². The fourth-order valence-corrected chi connectivity index (χ4v) is 3.18. The van der Waals surface area contributed by atoms with E-state index in [1.807, 2.05) is 20.8 Å². The molecule has 0 saturated heterocycles. The lowest BCUT2D eigenvalue weighted by molar-refractivity contribution is -0.150. The van der Waals surface area contributed by atoms with Crippen LogP contribution in [0.5, 0.6) is 11.5 Å². The summed E-state index contributed by atoms with van der Waals surface area (Å²) < 4.78 is 16.8. The van der Waals surface area contributed by atoms with Crippen molar-refractivity contribution in [3.05, 3.63) is 22.2 Å². The molecule has 26 heavy (non-hydrogen) atoms. The Morgan fingerprint density at radius 3 is 2.19 bits per heavy atom. The predicted octanol–water partition coefficient (Wildman–Crippen LogP) is 3.64. The minimum absolute atomic E-state index is 0.101. The summed E-state index contributed by atoms with van der Waals surface area (Å²) in [6, 6.07) is 3.58. The Balaban J connectivity index is 3.00. The van der Waals surface area contributed by atoms with Crippen molar-refractivity contribution in [3.63, 3.8) is 0 Å². The predicted molar refractivity (Wildman–Crippen MR) is 104 cm³/mol. The van der Waals surface area contributed by atoms with E-state index in [2.05, 4.69) is 21.2 Å². The Kier molecular flexibility index (Phi) is 8.92. The molecule has 7 heteroatoms. The highest BCUT2D eigenvalue weighted by Gasteiger charge is 2.35. The molecule has 0 heterocycles. The number of carbonyl (C=O) groups is 2. The van der Waals surface area contributed by atoms with Crippen molar-refractivity contribution < 1.29 is 23.8 Å². The third-order valence-electron chi connectivity index (χ3n) is 3.86. The average molecular weight is 430 g/mol. The number of ether oxygens (including phenoxy) is 3. The standard InChI is InChI=1S/C19H28BrNO5/c1-6-9-19(4,18(23)24-5)21-17(22)11-13-10-15(25-7-2)16(26-8-3)12-14(13)20/h10,12H,6-9,11H2,1-5H3,(H,21,22). The Morgan fingerprint density at radius 1 is 1.12 bits per heavy atom. The van der Waals surface area contributed by atoms with Crippen LogP contribution >= 0.6 is 15.9 Å². The lowest BCUT2D eigenvalue weighted by Crippen LogP contribution is -2.53. The van der Waals surface area contributed by atoms with Gasteiger partial charge in [-0.1, -0.05) is 29.3 Å². The highest BCUT2D eigenvalue weighted by atomic mass is 79.9. The van der Waals surface area contributed by atoms with Gasteiger partial charge in [0.25, 0.3) is 0 Å². The first-order chi connectivity index (χ1) is 12.3. The summed E-state index contributed by atoms with van der Waals surface area (Å²) in [4.78, 5) is 24.6. The summed E-state index contributed by atoms with van der Waals surface area (Å²) in [5.41, 5.74) is -0.292. The van der Waals surface area contributed by atoms with E-state index in [9.17, 15) is 9.59 Å². The van der Waals surface area contributed by atoms with Gasteiger partial charge < -0.3 is 19.5 Å². The molecular weight excluding hydrogens is 402 g/mol. The van der Waals surface area contributed by atoms with Gasteiger partial charge in [-0.15, -0.1) is 0 Å². The third kappa shape index (κ3) is 5.90. The smallest absolute Gasteiger partial charge is 0.331 e. The van der Waals surface area contributed by atoms with Crippen LogP contribution in [-0.2, 0) is 20.7 Å². The van der Waals surface area contributed by atoms with E-state index in [4.69, 9.17) is 14.2 Å². The summed E-state index contributed by atoms with van der Waals surface area (Å²) in [6.07, 6.45) is 1.34. The number of halogens is 1. The number of rotatable bonds is 10. The maximum absolute atomic E-state index is 12.5. The van der Waals surface area contributed by atoms with E-state index in [0.717, 1.165) is 16.5 Å². The zero-order chi connectivity index (χ0) is 19.7. The number of methoxy groups -OCH3 is 1. The Morgan fingerprint density at radius 2 is 1.69 bits per heavy atom. The largest absolute Gasteiger partial charge is 0.490 e. The van der Waals surface area contributed by atoms with Crippen molar-refractivity contribution >= 4 is 27.8 Å². The fraction of sp³-hybridized carbons (Fsp3) is 0.579. The number of amides is 1. The number of hydrogen-bond donors (Lipinski definition) is 1. The molecule has 1 aromatic rings. The molecule has 0 spiro atoms. The molecule has 1 rings (SSSR count). The highest BCUT2D eigenvalue weighted by Crippen LogP contribution is 2.34. The van der Waals surface area contributed by atoms with Crippen LogP contribution in [0.4, 0.5) is 0 Å². The first-order valence-corrected chi connectivity index (χ1v) is 9.57. The van der Waals surface area contributed by atoms with Gasteiger partial charge in [0, 0.05) is 4.47 Å². The first kappa shape index (κ1) is 22.3. The highest BCUT2D eigenvalue weighted by molar-refractivity contribution is 9.10. The van der Waals surface area contributed by atoms with Gasteiger partial charge in [-0.3, -0.25) is 4.79 Å². The lowest BCUT2D eigenvalue weighted by Gasteiger charge is -2.27. The van der Waals surface area contributed by atoms with Gasteiger partial charge in [-0.05, 0) is 44.9 Å². The first-order valence-electron chi connectivity index (χ1n) is 8.78. The molecule has 0 aromatic heterocycles. The average Bonchev–Trinajstić information content (AvgIpc) is 2.58. The van der Waals surface area contributed by atoms with Crippen molar-refractivity contribution in [2.45, 2.75) is 52.5 Å². The lowest BCUT2D eigenvalue weighted by atomic mass is 9.95. The van der Waals surface area contributed by atoms with Gasteiger partial charge in [0.05, 0.1) is 26.7 Å². The summed E-state index contributed by atoms with van der Waals surface area (Å²) in [7, 11) is 1.32. The fourth-order valence-electron chi connectivity index (χ4n) is 2.72. The molecule has 0 saturated carbocycles. The second-order valence-electron chi connectivity index (χ2n) is 6.06. The molecule has 1 unspecified atom stereocenters. The quantitative estimate of drug-likeness (QED) is 0.574. The second-order valence-corrected chi connectivity index (χ2v) is 6.91. The van der Waals surface area contributed by atoms with Crippen molar-refractivity contribution in [1.29, 1.82) is 0 Å². The number of esters is 1. The summed E-state index contributed by atoms with van der Waals surface area (Å²) in [5.74, 6) is 0.493. The topological polar surface area (TPSA) is 73.9 Å². The van der Waals surface area contributed by atoms with E-state index in [-0.39, 0.29) is 12.3 Å². The molecule has 146 valence electrons. The summed E-state index contributed by atoms with van der Waals surface area (Å²) in [6.45, 7) is 8.41. The van der Waals surface area contributed by atoms with Crippen molar-refractivity contribution in [1.82, 2.24) is 5.32 Å². The van der Waals surface area contributed by atoms with Crippen LogP contribution in [0.3, 0.4) is 0 Å². The van der Waals surface area contributed by atoms with Crippen LogP contribution < -0.4 is 14.8 Å². The molecular formula is C19H28BrNO5. The SMILES string of the molecule is CCCC(C)(NC(=O)Cc1cc(OCC)c(OCC)cc1Br)C(=O)OC. The van der Waals surface area contributed by atoms with Crippen LogP contribution in [-0.4, -0.2) is 37.7 Å². The Bertz CT molecular complexity index is 635. The molecule has 1 amide bonds. The number of hydrogen-bond acceptors (Lipinski definition) is 5. The molecule has 0 bridgehead atoms. The van der Waals surface area contributed by atoms with Crippen molar-refractivity contribution in [2.24, 2.45) is 0 Å². The summed E-state index contributed by atoms with van der Waals surface area (Å²) >= 11 is 3.48. The van der Waals surface area contributed by atoms with Gasteiger partial charge in [-0.25, -0.2) is 4.79 Å². The zero-order valence-electron chi connectivity index (χ0n) is 16.1. The second kappa shape index (κ2) is 10.4. The van der Waals surface area contributed by atoms with Crippen LogP contribution in [0.25, 0.3) is 0 Å². The van der Waals surface area contributed by atoms with Crippen molar-refractivity contribution in [3.8, 4) is 11.5 Å². The molecule has 6 nitrogen and oxygen atoms in total. The van der Waals surface area contributed by atoms with Gasteiger partial charge in [0.2, 0.25) is 5.91 Å². The summed E-state index contributed by atoms with van der Waals surface area (Å²) in [5, 5.41) is 2.81. The minimum Gasteiger partial charge on any atom is -0.490 e. The molecule has 0 aliphatic carbocycles. The van der Waals surface area contributed by atoms with E-state index < -0.39 is 11.5 Å². The van der Waals surface area contributed by atoms with E-state index in [1.54, 1.807) is 19.1 Å². The van der Waals surface area contributed by atoms with E-state index in [1.165, 1.54) is 7.11 Å². The third-order valence-corrected chi connectivity index (χ3v) is 4.60. The van der Waals surface area contributed by atoms with Crippen LogP contribution in [0, 0.1) is 0 Å². The molecule has 0 radical (unpaired) electrons. The van der Waals surface area contributed by atoms with Gasteiger partial charge in [-0.2, -0.15) is 0 Å². The van der Waals surface area contributed by atoms with Gasteiger partial charge in [0.1, 0.15) is 5.54 Å². The molecule has 0 aliphatic rings. The molecule has 1 aromatic carbocycles. The van der Waals surface area contributed by atoms with E-state index >= 15 is 0 Å². The van der Waals surface area contributed by atoms with E-state index in [0.29, 0.717) is 31.1 Å². The molecule has 1 N–H and O–H groups in total. The maximum atomic E-state index is 12.5. The Hall–Kier alpha value is -1.76. The molecule has 1 atom stereocenters. The zero-order valence-corrected chi connectivity index (χ0v) is 17.7. The number of benzene rings is 1.